The van der Waals surface area contributed by atoms with E-state index in [1.807, 2.05) is 0 Å². The number of benzene rings is 1. The van der Waals surface area contributed by atoms with Gasteiger partial charge in [0, 0.05) is 7.05 Å². The first-order chi connectivity index (χ1) is 12.5. The smallest absolute Gasteiger partial charge is 0.344 e. The third-order valence-corrected chi connectivity index (χ3v) is 4.65. The molecule has 7 nitrogen and oxygen atoms in total. The minimum absolute atomic E-state index is 0.272. The second-order valence-corrected chi connectivity index (χ2v) is 6.26. The summed E-state index contributed by atoms with van der Waals surface area (Å²) in [5.41, 5.74) is -0.495. The van der Waals surface area contributed by atoms with E-state index >= 15 is 0 Å². The Morgan fingerprint density at radius 2 is 1.92 bits per heavy atom. The predicted molar refractivity (Wildman–Crippen MR) is 92.5 cm³/mol. The fourth-order valence-electron chi connectivity index (χ4n) is 3.02. The molecule has 0 heterocycles. The zero-order valence-electron chi connectivity index (χ0n) is 14.8. The van der Waals surface area contributed by atoms with Gasteiger partial charge in [0.05, 0.1) is 11.6 Å². The number of para-hydroxylation sites is 1. The maximum Gasteiger partial charge on any atom is 0.344 e. The van der Waals surface area contributed by atoms with Gasteiger partial charge in [-0.05, 0) is 25.0 Å². The number of nitrogens with zero attached hydrogens (tertiary/aromatic N) is 2. The molecule has 1 saturated carbocycles. The monoisotopic (exact) mass is 358 g/mol. The van der Waals surface area contributed by atoms with E-state index < -0.39 is 30.6 Å². The molecular weight excluding hydrogens is 336 g/mol. The minimum Gasteiger partial charge on any atom is -0.481 e. The van der Waals surface area contributed by atoms with E-state index in [-0.39, 0.29) is 5.75 Å². The summed E-state index contributed by atoms with van der Waals surface area (Å²) in [5, 5.41) is 9.50. The Hall–Kier alpha value is -2.88. The van der Waals surface area contributed by atoms with Crippen molar-refractivity contribution in [1.82, 2.24) is 4.90 Å². The standard InChI is InChI=1S/C19H22N2O5/c1-21(19(14-20)9-5-2-6-10-19)17(23)12-26-18(24)13-25-16-8-4-3-7-15(16)11-22/h3-4,7-8,11H,2,5-6,9-10,12-13H2,1H3. The summed E-state index contributed by atoms with van der Waals surface area (Å²) in [6.45, 7) is -0.858. The van der Waals surface area contributed by atoms with Crippen LogP contribution in [0.4, 0.5) is 0 Å². The summed E-state index contributed by atoms with van der Waals surface area (Å²) in [5.74, 6) is -0.870. The van der Waals surface area contributed by atoms with Crippen molar-refractivity contribution in [3.05, 3.63) is 29.8 Å². The molecule has 1 fully saturated rings. The normalized spacial score (nSPS) is 15.4. The van der Waals surface area contributed by atoms with Crippen LogP contribution in [-0.4, -0.2) is 48.9 Å². The first kappa shape index (κ1) is 19.4. The SMILES string of the molecule is CN(C(=O)COC(=O)COc1ccccc1C=O)C1(C#N)CCCCC1. The highest BCUT2D eigenvalue weighted by Gasteiger charge is 2.38. The second kappa shape index (κ2) is 8.99. The van der Waals surface area contributed by atoms with Gasteiger partial charge < -0.3 is 14.4 Å². The van der Waals surface area contributed by atoms with Gasteiger partial charge in [0.1, 0.15) is 11.3 Å². The average molecular weight is 358 g/mol. The predicted octanol–water partition coefficient (Wildman–Crippen LogP) is 2.11. The molecule has 138 valence electrons. The van der Waals surface area contributed by atoms with Gasteiger partial charge in [-0.25, -0.2) is 4.79 Å². The molecule has 0 unspecified atom stereocenters. The van der Waals surface area contributed by atoms with E-state index in [1.54, 1.807) is 31.3 Å². The molecular formula is C19H22N2O5. The number of carbonyl (C=O) groups excluding carboxylic acids is 3. The molecule has 2 rings (SSSR count). The zero-order chi connectivity index (χ0) is 19.0. The van der Waals surface area contributed by atoms with E-state index in [1.165, 1.54) is 4.90 Å². The summed E-state index contributed by atoms with van der Waals surface area (Å²) >= 11 is 0. The molecule has 1 aliphatic carbocycles. The summed E-state index contributed by atoms with van der Waals surface area (Å²) in [6, 6.07) is 8.74. The Bertz CT molecular complexity index is 704. The Kier molecular flexibility index (Phi) is 6.73. The third-order valence-electron chi connectivity index (χ3n) is 4.65. The lowest BCUT2D eigenvalue weighted by Gasteiger charge is -2.38. The van der Waals surface area contributed by atoms with Gasteiger partial charge in [0.25, 0.3) is 5.91 Å². The Morgan fingerprint density at radius 1 is 1.23 bits per heavy atom. The van der Waals surface area contributed by atoms with E-state index in [0.29, 0.717) is 24.7 Å². The van der Waals surface area contributed by atoms with Crippen LogP contribution >= 0.6 is 0 Å². The molecule has 0 N–H and O–H groups in total. The molecule has 0 aromatic heterocycles. The van der Waals surface area contributed by atoms with E-state index in [4.69, 9.17) is 9.47 Å². The number of hydrogen-bond donors (Lipinski definition) is 0. The van der Waals surface area contributed by atoms with Crippen LogP contribution < -0.4 is 4.74 Å². The van der Waals surface area contributed by atoms with Crippen molar-refractivity contribution in [2.24, 2.45) is 0 Å². The lowest BCUT2D eigenvalue weighted by molar-refractivity contribution is -0.155. The number of hydrogen-bond acceptors (Lipinski definition) is 6. The number of esters is 1. The highest BCUT2D eigenvalue weighted by Crippen LogP contribution is 2.32. The first-order valence-corrected chi connectivity index (χ1v) is 8.53. The van der Waals surface area contributed by atoms with Gasteiger partial charge in [-0.2, -0.15) is 5.26 Å². The van der Waals surface area contributed by atoms with Crippen LogP contribution in [0.2, 0.25) is 0 Å². The number of likely N-dealkylation sites (N-methyl/N-ethyl adjacent to an activating group) is 1. The molecule has 7 heteroatoms. The largest absolute Gasteiger partial charge is 0.481 e. The van der Waals surface area contributed by atoms with Gasteiger partial charge in [0.2, 0.25) is 0 Å². The summed E-state index contributed by atoms with van der Waals surface area (Å²) in [7, 11) is 1.57. The number of nitriles is 1. The first-order valence-electron chi connectivity index (χ1n) is 8.53. The second-order valence-electron chi connectivity index (χ2n) is 6.26. The van der Waals surface area contributed by atoms with Crippen molar-refractivity contribution in [1.29, 1.82) is 5.26 Å². The fourth-order valence-corrected chi connectivity index (χ4v) is 3.02. The highest BCUT2D eigenvalue weighted by molar-refractivity contribution is 5.82. The molecule has 0 saturated heterocycles. The Balaban J connectivity index is 1.83. The molecule has 0 spiro atoms. The van der Waals surface area contributed by atoms with Crippen LogP contribution in [0.25, 0.3) is 0 Å². The van der Waals surface area contributed by atoms with E-state index in [0.717, 1.165) is 19.3 Å². The van der Waals surface area contributed by atoms with Crippen LogP contribution in [0, 0.1) is 11.3 Å². The topological polar surface area (TPSA) is 96.7 Å². The molecule has 26 heavy (non-hydrogen) atoms. The van der Waals surface area contributed by atoms with Crippen molar-refractivity contribution >= 4 is 18.2 Å². The Morgan fingerprint density at radius 3 is 2.58 bits per heavy atom. The Labute approximate surface area is 152 Å². The van der Waals surface area contributed by atoms with Crippen molar-refractivity contribution in [3.63, 3.8) is 0 Å². The van der Waals surface area contributed by atoms with Crippen LogP contribution in [0.15, 0.2) is 24.3 Å². The summed E-state index contributed by atoms with van der Waals surface area (Å²) < 4.78 is 10.2. The lowest BCUT2D eigenvalue weighted by Crippen LogP contribution is -2.51. The summed E-state index contributed by atoms with van der Waals surface area (Å²) in [4.78, 5) is 36.4. The van der Waals surface area contributed by atoms with E-state index in [9.17, 15) is 19.6 Å². The molecule has 0 bridgehead atoms. The molecule has 0 aliphatic heterocycles. The van der Waals surface area contributed by atoms with Crippen molar-refractivity contribution < 1.29 is 23.9 Å². The molecule has 1 aliphatic rings. The molecule has 0 atom stereocenters. The number of rotatable bonds is 7. The van der Waals surface area contributed by atoms with Crippen molar-refractivity contribution in [2.75, 3.05) is 20.3 Å². The number of carbonyl (C=O) groups is 3. The van der Waals surface area contributed by atoms with Crippen molar-refractivity contribution in [3.8, 4) is 11.8 Å². The quantitative estimate of drug-likeness (QED) is 0.547. The van der Waals surface area contributed by atoms with Crippen LogP contribution in [0.1, 0.15) is 42.5 Å². The van der Waals surface area contributed by atoms with Gasteiger partial charge in [-0.1, -0.05) is 31.4 Å². The molecule has 1 amide bonds. The maximum absolute atomic E-state index is 12.3. The highest BCUT2D eigenvalue weighted by atomic mass is 16.6. The zero-order valence-corrected chi connectivity index (χ0v) is 14.8. The molecule has 1 aromatic carbocycles. The lowest BCUT2D eigenvalue weighted by atomic mass is 9.81. The number of ether oxygens (including phenoxy) is 2. The molecule has 0 radical (unpaired) electrons. The molecule has 1 aromatic rings. The maximum atomic E-state index is 12.3. The number of amides is 1. The fraction of sp³-hybridized carbons (Fsp3) is 0.474. The number of aldehydes is 1. The van der Waals surface area contributed by atoms with Crippen LogP contribution in [0.3, 0.4) is 0 Å². The third kappa shape index (κ3) is 4.60. The van der Waals surface area contributed by atoms with Crippen LogP contribution in [-0.2, 0) is 14.3 Å². The van der Waals surface area contributed by atoms with Crippen molar-refractivity contribution in [2.45, 2.75) is 37.6 Å². The van der Waals surface area contributed by atoms with Gasteiger partial charge in [-0.15, -0.1) is 0 Å². The van der Waals surface area contributed by atoms with E-state index in [2.05, 4.69) is 6.07 Å². The van der Waals surface area contributed by atoms with Gasteiger partial charge in [0.15, 0.2) is 19.5 Å². The van der Waals surface area contributed by atoms with Gasteiger partial charge >= 0.3 is 5.97 Å². The summed E-state index contributed by atoms with van der Waals surface area (Å²) in [6.07, 6.45) is 4.74. The van der Waals surface area contributed by atoms with Crippen LogP contribution in [0.5, 0.6) is 5.75 Å². The average Bonchev–Trinajstić information content (AvgIpc) is 2.70. The minimum atomic E-state index is -0.818. The van der Waals surface area contributed by atoms with Gasteiger partial charge in [-0.3, -0.25) is 9.59 Å².